The van der Waals surface area contributed by atoms with Crippen LogP contribution in [0.25, 0.3) is 0 Å². The lowest BCUT2D eigenvalue weighted by atomic mass is 10.1. The lowest BCUT2D eigenvalue weighted by molar-refractivity contribution is 0.0684. The highest BCUT2D eigenvalue weighted by Crippen LogP contribution is 2.09. The topological polar surface area (TPSA) is 90.9 Å². The molecule has 3 N–H and O–H groups in total. The van der Waals surface area contributed by atoms with E-state index in [-0.39, 0.29) is 5.82 Å². The van der Waals surface area contributed by atoms with E-state index in [4.69, 9.17) is 5.11 Å². The van der Waals surface area contributed by atoms with Crippen molar-refractivity contribution in [3.63, 3.8) is 0 Å². The zero-order valence-electron chi connectivity index (χ0n) is 7.66. The van der Waals surface area contributed by atoms with Gasteiger partial charge in [0.2, 0.25) is 0 Å². The van der Waals surface area contributed by atoms with Crippen molar-refractivity contribution in [2.75, 3.05) is 6.54 Å². The molecule has 2 heterocycles. The van der Waals surface area contributed by atoms with Gasteiger partial charge in [-0.1, -0.05) is 0 Å². The molecule has 6 nitrogen and oxygen atoms in total. The quantitative estimate of drug-likeness (QED) is 0.622. The molecule has 0 radical (unpaired) electrons. The van der Waals surface area contributed by atoms with Crippen molar-refractivity contribution < 1.29 is 9.90 Å². The highest BCUT2D eigenvalue weighted by Gasteiger charge is 2.17. The van der Waals surface area contributed by atoms with Crippen LogP contribution in [0.5, 0.6) is 0 Å². The number of nitrogens with zero attached hydrogens (tertiary/aromatic N) is 2. The molecule has 0 bridgehead atoms. The van der Waals surface area contributed by atoms with Crippen LogP contribution in [-0.2, 0) is 6.42 Å². The Labute approximate surface area is 80.7 Å². The molecule has 1 saturated heterocycles. The van der Waals surface area contributed by atoms with Crippen molar-refractivity contribution in [1.82, 2.24) is 20.5 Å². The standard InChI is InChI=1S/C8H12N4O2/c13-8(14)7-10-6(11-12-7)4-5-2-1-3-9-5/h5,9H,1-4H2,(H,13,14)(H,10,11,12). The fraction of sp³-hybridized carbons (Fsp3) is 0.625. The Balaban J connectivity index is 1.98. The number of H-pyrrole nitrogens is 1. The van der Waals surface area contributed by atoms with E-state index in [1.54, 1.807) is 0 Å². The second kappa shape index (κ2) is 3.75. The van der Waals surface area contributed by atoms with E-state index in [9.17, 15) is 4.79 Å². The molecule has 1 atom stereocenters. The maximum absolute atomic E-state index is 10.5. The number of rotatable bonds is 3. The first kappa shape index (κ1) is 9.14. The van der Waals surface area contributed by atoms with Crippen molar-refractivity contribution in [3.8, 4) is 0 Å². The fourth-order valence-corrected chi connectivity index (χ4v) is 1.65. The SMILES string of the molecule is O=C(O)c1n[nH]c(CC2CCCN2)n1. The van der Waals surface area contributed by atoms with Crippen molar-refractivity contribution in [3.05, 3.63) is 11.6 Å². The van der Waals surface area contributed by atoms with Crippen molar-refractivity contribution in [2.45, 2.75) is 25.3 Å². The van der Waals surface area contributed by atoms with Crippen LogP contribution in [0.3, 0.4) is 0 Å². The average Bonchev–Trinajstić information content (AvgIpc) is 2.75. The summed E-state index contributed by atoms with van der Waals surface area (Å²) in [6, 6.07) is 0.407. The molecule has 14 heavy (non-hydrogen) atoms. The normalized spacial score (nSPS) is 21.3. The lowest BCUT2D eigenvalue weighted by Gasteiger charge is -2.05. The summed E-state index contributed by atoms with van der Waals surface area (Å²) in [4.78, 5) is 14.4. The van der Waals surface area contributed by atoms with E-state index in [0.29, 0.717) is 11.9 Å². The number of carboxylic acid groups (broad SMARTS) is 1. The van der Waals surface area contributed by atoms with E-state index in [1.165, 1.54) is 6.42 Å². The molecule has 0 spiro atoms. The number of carbonyl (C=O) groups is 1. The molecule has 1 aromatic rings. The van der Waals surface area contributed by atoms with Crippen LogP contribution in [0.4, 0.5) is 0 Å². The summed E-state index contributed by atoms with van der Waals surface area (Å²) >= 11 is 0. The third kappa shape index (κ3) is 1.90. The summed E-state index contributed by atoms with van der Waals surface area (Å²) in [5.74, 6) is -0.605. The third-order valence-corrected chi connectivity index (χ3v) is 2.33. The monoisotopic (exact) mass is 196 g/mol. The van der Waals surface area contributed by atoms with Gasteiger partial charge in [0.1, 0.15) is 5.82 Å². The summed E-state index contributed by atoms with van der Waals surface area (Å²) in [7, 11) is 0. The second-order valence-corrected chi connectivity index (χ2v) is 3.41. The number of hydrogen-bond donors (Lipinski definition) is 3. The highest BCUT2D eigenvalue weighted by atomic mass is 16.4. The molecule has 0 aliphatic carbocycles. The van der Waals surface area contributed by atoms with Crippen molar-refractivity contribution >= 4 is 5.97 Å². The number of aromatic amines is 1. The predicted octanol–water partition coefficient (Wildman–Crippen LogP) is -0.203. The number of carboxylic acids is 1. The van der Waals surface area contributed by atoms with Crippen molar-refractivity contribution in [2.24, 2.45) is 0 Å². The van der Waals surface area contributed by atoms with E-state index in [2.05, 4.69) is 20.5 Å². The number of nitrogens with one attached hydrogen (secondary N) is 2. The summed E-state index contributed by atoms with van der Waals surface area (Å²) < 4.78 is 0. The van der Waals surface area contributed by atoms with Gasteiger partial charge in [0.25, 0.3) is 5.82 Å². The molecule has 0 saturated carbocycles. The van der Waals surface area contributed by atoms with Crippen LogP contribution in [-0.4, -0.2) is 38.8 Å². The smallest absolute Gasteiger partial charge is 0.375 e. The largest absolute Gasteiger partial charge is 0.475 e. The number of aromatic nitrogens is 3. The molecule has 76 valence electrons. The molecule has 1 aliphatic rings. The summed E-state index contributed by atoms with van der Waals surface area (Å²) in [5, 5.41) is 18.1. The third-order valence-electron chi connectivity index (χ3n) is 2.33. The van der Waals surface area contributed by atoms with Gasteiger partial charge >= 0.3 is 5.97 Å². The van der Waals surface area contributed by atoms with Crippen molar-refractivity contribution in [1.29, 1.82) is 0 Å². The van der Waals surface area contributed by atoms with Gasteiger partial charge in [0.05, 0.1) is 0 Å². The molecule has 1 aliphatic heterocycles. The predicted molar refractivity (Wildman–Crippen MR) is 48.1 cm³/mol. The van der Waals surface area contributed by atoms with Gasteiger partial charge in [-0.3, -0.25) is 5.10 Å². The lowest BCUT2D eigenvalue weighted by Crippen LogP contribution is -2.24. The first-order valence-corrected chi connectivity index (χ1v) is 4.63. The average molecular weight is 196 g/mol. The van der Waals surface area contributed by atoms with E-state index in [1.807, 2.05) is 0 Å². The molecule has 0 amide bonds. The molecule has 1 aromatic heterocycles. The first-order chi connectivity index (χ1) is 6.75. The molecule has 1 fully saturated rings. The van der Waals surface area contributed by atoms with Crippen LogP contribution in [0.1, 0.15) is 29.3 Å². The molecule has 1 unspecified atom stereocenters. The van der Waals surface area contributed by atoms with E-state index < -0.39 is 5.97 Å². The summed E-state index contributed by atoms with van der Waals surface area (Å²) in [6.45, 7) is 1.03. The Hall–Kier alpha value is -1.43. The maximum atomic E-state index is 10.5. The van der Waals surface area contributed by atoms with Gasteiger partial charge in [0.15, 0.2) is 0 Å². The van der Waals surface area contributed by atoms with Crippen LogP contribution >= 0.6 is 0 Å². The number of hydrogen-bond acceptors (Lipinski definition) is 4. The molecule has 6 heteroatoms. The van der Waals surface area contributed by atoms with Gasteiger partial charge in [-0.15, -0.1) is 5.10 Å². The van der Waals surface area contributed by atoms with Crippen LogP contribution in [0, 0.1) is 0 Å². The van der Waals surface area contributed by atoms with Gasteiger partial charge in [-0.2, -0.15) is 0 Å². The van der Waals surface area contributed by atoms with Crippen LogP contribution < -0.4 is 5.32 Å². The van der Waals surface area contributed by atoms with E-state index in [0.717, 1.165) is 19.4 Å². The van der Waals surface area contributed by atoms with Gasteiger partial charge in [0, 0.05) is 12.5 Å². The molecule has 0 aromatic carbocycles. The summed E-state index contributed by atoms with van der Waals surface area (Å²) in [5.41, 5.74) is 0. The van der Waals surface area contributed by atoms with Gasteiger partial charge < -0.3 is 10.4 Å². The van der Waals surface area contributed by atoms with E-state index >= 15 is 0 Å². The maximum Gasteiger partial charge on any atom is 0.375 e. The minimum absolute atomic E-state index is 0.155. The fourth-order valence-electron chi connectivity index (χ4n) is 1.65. The Bertz CT molecular complexity index is 330. The minimum Gasteiger partial charge on any atom is -0.475 e. The Morgan fingerprint density at radius 1 is 1.64 bits per heavy atom. The molecular formula is C8H12N4O2. The van der Waals surface area contributed by atoms with Gasteiger partial charge in [-0.05, 0) is 19.4 Å². The zero-order valence-corrected chi connectivity index (χ0v) is 7.66. The Kier molecular flexibility index (Phi) is 2.45. The second-order valence-electron chi connectivity index (χ2n) is 3.41. The van der Waals surface area contributed by atoms with Gasteiger partial charge in [-0.25, -0.2) is 9.78 Å². The zero-order chi connectivity index (χ0) is 9.97. The number of aromatic carboxylic acids is 1. The highest BCUT2D eigenvalue weighted by molar-refractivity contribution is 5.82. The Morgan fingerprint density at radius 3 is 3.07 bits per heavy atom. The Morgan fingerprint density at radius 2 is 2.50 bits per heavy atom. The summed E-state index contributed by atoms with van der Waals surface area (Å²) in [6.07, 6.45) is 3.01. The molecular weight excluding hydrogens is 184 g/mol. The van der Waals surface area contributed by atoms with Crippen LogP contribution in [0.15, 0.2) is 0 Å². The molecule has 2 rings (SSSR count). The minimum atomic E-state index is -1.09. The first-order valence-electron chi connectivity index (χ1n) is 4.63. The van der Waals surface area contributed by atoms with Crippen LogP contribution in [0.2, 0.25) is 0 Å².